The first-order valence-electron chi connectivity index (χ1n) is 6.36. The Morgan fingerprint density at radius 3 is 2.63 bits per heavy atom. The summed E-state index contributed by atoms with van der Waals surface area (Å²) in [6.45, 7) is 3.20. The van der Waals surface area contributed by atoms with Crippen molar-refractivity contribution in [1.82, 2.24) is 4.90 Å². The lowest BCUT2D eigenvalue weighted by molar-refractivity contribution is -0.136. The van der Waals surface area contributed by atoms with E-state index in [1.807, 2.05) is 37.3 Å². The van der Waals surface area contributed by atoms with Gasteiger partial charge in [0.05, 0.1) is 6.61 Å². The van der Waals surface area contributed by atoms with E-state index in [4.69, 9.17) is 15.2 Å². The van der Waals surface area contributed by atoms with Crippen molar-refractivity contribution in [1.29, 1.82) is 0 Å². The number of carbonyl (C=O) groups excluding carboxylic acids is 1. The van der Waals surface area contributed by atoms with Crippen LogP contribution in [-0.4, -0.2) is 50.3 Å². The molecule has 0 spiro atoms. The zero-order valence-corrected chi connectivity index (χ0v) is 11.5. The smallest absolute Gasteiger partial charge is 0.248 e. The molecule has 1 aromatic rings. The minimum Gasteiger partial charge on any atom is -0.491 e. The Hall–Kier alpha value is -1.59. The Labute approximate surface area is 114 Å². The van der Waals surface area contributed by atoms with E-state index in [1.165, 1.54) is 0 Å². The Balaban J connectivity index is 2.12. The molecule has 0 aliphatic carbocycles. The van der Waals surface area contributed by atoms with Crippen molar-refractivity contribution in [3.05, 3.63) is 30.3 Å². The van der Waals surface area contributed by atoms with Gasteiger partial charge in [0.25, 0.3) is 0 Å². The fourth-order valence-electron chi connectivity index (χ4n) is 1.40. The molecular weight excluding hydrogens is 244 g/mol. The summed E-state index contributed by atoms with van der Waals surface area (Å²) in [5.74, 6) is 0.726. The van der Waals surface area contributed by atoms with E-state index in [-0.39, 0.29) is 18.6 Å². The Bertz CT molecular complexity index is 370. The van der Waals surface area contributed by atoms with Crippen LogP contribution < -0.4 is 10.5 Å². The number of rotatable bonds is 8. The molecule has 5 heteroatoms. The van der Waals surface area contributed by atoms with Crippen LogP contribution in [0.2, 0.25) is 0 Å². The number of amides is 1. The summed E-state index contributed by atoms with van der Waals surface area (Å²) >= 11 is 0. The van der Waals surface area contributed by atoms with E-state index in [9.17, 15) is 4.79 Å². The van der Waals surface area contributed by atoms with Crippen molar-refractivity contribution in [2.75, 3.05) is 33.4 Å². The molecule has 1 aromatic carbocycles. The molecule has 1 amide bonds. The van der Waals surface area contributed by atoms with Crippen molar-refractivity contribution in [3.8, 4) is 5.75 Å². The topological polar surface area (TPSA) is 64.8 Å². The van der Waals surface area contributed by atoms with Crippen molar-refractivity contribution in [2.24, 2.45) is 5.73 Å². The minimum atomic E-state index is -0.0716. The molecule has 0 aromatic heterocycles. The van der Waals surface area contributed by atoms with Crippen LogP contribution in [0.4, 0.5) is 0 Å². The SMILES string of the molecule is CC(CN)N(C)C(=O)COCCOc1ccccc1. The van der Waals surface area contributed by atoms with Gasteiger partial charge in [-0.05, 0) is 19.1 Å². The zero-order chi connectivity index (χ0) is 14.1. The van der Waals surface area contributed by atoms with Crippen LogP contribution in [0.1, 0.15) is 6.92 Å². The first kappa shape index (κ1) is 15.5. The largest absolute Gasteiger partial charge is 0.491 e. The molecule has 1 rings (SSSR count). The third kappa shape index (κ3) is 5.72. The average Bonchev–Trinajstić information content (AvgIpc) is 2.46. The van der Waals surface area contributed by atoms with Crippen LogP contribution in [0, 0.1) is 0 Å². The monoisotopic (exact) mass is 266 g/mol. The summed E-state index contributed by atoms with van der Waals surface area (Å²) in [5.41, 5.74) is 5.50. The molecule has 0 saturated carbocycles. The molecule has 0 aliphatic rings. The van der Waals surface area contributed by atoms with Gasteiger partial charge in [0, 0.05) is 19.6 Å². The second-order valence-corrected chi connectivity index (χ2v) is 4.30. The molecule has 0 aliphatic heterocycles. The molecule has 19 heavy (non-hydrogen) atoms. The molecule has 2 N–H and O–H groups in total. The fraction of sp³-hybridized carbons (Fsp3) is 0.500. The Kier molecular flexibility index (Phi) is 6.92. The first-order valence-corrected chi connectivity index (χ1v) is 6.36. The highest BCUT2D eigenvalue weighted by Gasteiger charge is 2.13. The van der Waals surface area contributed by atoms with Crippen LogP contribution in [0.15, 0.2) is 30.3 Å². The molecule has 0 saturated heterocycles. The van der Waals surface area contributed by atoms with Crippen LogP contribution >= 0.6 is 0 Å². The minimum absolute atomic E-state index is 0.0247. The zero-order valence-electron chi connectivity index (χ0n) is 11.5. The predicted molar refractivity (Wildman–Crippen MR) is 74.0 cm³/mol. The fourth-order valence-corrected chi connectivity index (χ4v) is 1.40. The lowest BCUT2D eigenvalue weighted by atomic mass is 10.3. The third-order valence-electron chi connectivity index (χ3n) is 2.86. The van der Waals surface area contributed by atoms with Gasteiger partial charge in [-0.25, -0.2) is 0 Å². The lowest BCUT2D eigenvalue weighted by Gasteiger charge is -2.23. The maximum Gasteiger partial charge on any atom is 0.248 e. The molecule has 5 nitrogen and oxygen atoms in total. The lowest BCUT2D eigenvalue weighted by Crippen LogP contribution is -2.41. The first-order chi connectivity index (χ1) is 9.15. The number of benzene rings is 1. The molecule has 1 unspecified atom stereocenters. The van der Waals surface area contributed by atoms with Crippen LogP contribution in [0.5, 0.6) is 5.75 Å². The molecule has 0 bridgehead atoms. The summed E-state index contributed by atoms with van der Waals surface area (Å²) in [4.78, 5) is 13.3. The van der Waals surface area contributed by atoms with Gasteiger partial charge in [0.15, 0.2) is 0 Å². The van der Waals surface area contributed by atoms with E-state index in [1.54, 1.807) is 11.9 Å². The predicted octanol–water partition coefficient (Wildman–Crippen LogP) is 0.888. The average molecular weight is 266 g/mol. The van der Waals surface area contributed by atoms with Gasteiger partial charge in [0.2, 0.25) is 5.91 Å². The second kappa shape index (κ2) is 8.50. The second-order valence-electron chi connectivity index (χ2n) is 4.30. The summed E-state index contributed by atoms with van der Waals surface area (Å²) in [6, 6.07) is 9.52. The van der Waals surface area contributed by atoms with Crippen molar-refractivity contribution in [3.63, 3.8) is 0 Å². The van der Waals surface area contributed by atoms with E-state index in [2.05, 4.69) is 0 Å². The quantitative estimate of drug-likeness (QED) is 0.710. The van der Waals surface area contributed by atoms with Gasteiger partial charge in [-0.15, -0.1) is 0 Å². The molecule has 0 radical (unpaired) electrons. The van der Waals surface area contributed by atoms with E-state index < -0.39 is 0 Å². The maximum atomic E-state index is 11.7. The van der Waals surface area contributed by atoms with Crippen LogP contribution in [0.25, 0.3) is 0 Å². The number of hydrogen-bond donors (Lipinski definition) is 1. The third-order valence-corrected chi connectivity index (χ3v) is 2.86. The number of ether oxygens (including phenoxy) is 2. The summed E-state index contributed by atoms with van der Waals surface area (Å²) < 4.78 is 10.7. The Morgan fingerprint density at radius 1 is 1.32 bits per heavy atom. The van der Waals surface area contributed by atoms with Gasteiger partial charge in [-0.2, -0.15) is 0 Å². The highest BCUT2D eigenvalue weighted by Crippen LogP contribution is 2.07. The summed E-state index contributed by atoms with van der Waals surface area (Å²) in [5, 5.41) is 0. The number of hydrogen-bond acceptors (Lipinski definition) is 4. The van der Waals surface area contributed by atoms with Gasteiger partial charge >= 0.3 is 0 Å². The summed E-state index contributed by atoms with van der Waals surface area (Å²) in [7, 11) is 1.73. The molecule has 1 atom stereocenters. The number of para-hydroxylation sites is 1. The van der Waals surface area contributed by atoms with E-state index in [0.29, 0.717) is 19.8 Å². The van der Waals surface area contributed by atoms with Crippen molar-refractivity contribution in [2.45, 2.75) is 13.0 Å². The number of likely N-dealkylation sites (N-methyl/N-ethyl adjacent to an activating group) is 1. The van der Waals surface area contributed by atoms with Gasteiger partial charge in [0.1, 0.15) is 19.0 Å². The van der Waals surface area contributed by atoms with Gasteiger partial charge in [-0.3, -0.25) is 4.79 Å². The van der Waals surface area contributed by atoms with E-state index >= 15 is 0 Å². The number of carbonyl (C=O) groups is 1. The maximum absolute atomic E-state index is 11.7. The molecule has 106 valence electrons. The van der Waals surface area contributed by atoms with Crippen LogP contribution in [0.3, 0.4) is 0 Å². The molecular formula is C14H22N2O3. The highest BCUT2D eigenvalue weighted by molar-refractivity contribution is 5.77. The normalized spacial score (nSPS) is 11.9. The molecule has 0 fully saturated rings. The number of nitrogens with zero attached hydrogens (tertiary/aromatic N) is 1. The summed E-state index contributed by atoms with van der Waals surface area (Å²) in [6.07, 6.45) is 0. The van der Waals surface area contributed by atoms with E-state index in [0.717, 1.165) is 5.75 Å². The Morgan fingerprint density at radius 2 is 2.00 bits per heavy atom. The number of nitrogens with two attached hydrogens (primary N) is 1. The standard InChI is InChI=1S/C14H22N2O3/c1-12(10-15)16(2)14(17)11-18-8-9-19-13-6-4-3-5-7-13/h3-7,12H,8-11,15H2,1-2H3. The molecule has 0 heterocycles. The van der Waals surface area contributed by atoms with Crippen molar-refractivity contribution < 1.29 is 14.3 Å². The van der Waals surface area contributed by atoms with Crippen molar-refractivity contribution >= 4 is 5.91 Å². The van der Waals surface area contributed by atoms with Crippen LogP contribution in [-0.2, 0) is 9.53 Å². The highest BCUT2D eigenvalue weighted by atomic mass is 16.5. The van der Waals surface area contributed by atoms with Gasteiger partial charge in [-0.1, -0.05) is 18.2 Å². The van der Waals surface area contributed by atoms with Gasteiger partial charge < -0.3 is 20.1 Å².